The van der Waals surface area contributed by atoms with Crippen molar-refractivity contribution in [3.63, 3.8) is 0 Å². The van der Waals surface area contributed by atoms with E-state index in [1.54, 1.807) is 11.3 Å². The molecule has 1 aromatic rings. The lowest BCUT2D eigenvalue weighted by molar-refractivity contribution is -0.127. The van der Waals surface area contributed by atoms with Gasteiger partial charge in [-0.2, -0.15) is 0 Å². The van der Waals surface area contributed by atoms with Crippen molar-refractivity contribution >= 4 is 23.2 Å². The monoisotopic (exact) mass is 334 g/mol. The molecular formula is C16H22N4O2S. The highest BCUT2D eigenvalue weighted by Gasteiger charge is 2.43. The number of aromatic nitrogens is 1. The maximum absolute atomic E-state index is 12.4. The average molecular weight is 334 g/mol. The van der Waals surface area contributed by atoms with E-state index in [9.17, 15) is 9.59 Å². The predicted octanol–water partition coefficient (Wildman–Crippen LogP) is 0.748. The molecule has 3 fully saturated rings. The van der Waals surface area contributed by atoms with E-state index in [0.29, 0.717) is 24.7 Å². The van der Waals surface area contributed by atoms with Gasteiger partial charge in [-0.25, -0.2) is 4.98 Å². The fraction of sp³-hybridized carbons (Fsp3) is 0.688. The third kappa shape index (κ3) is 3.12. The molecule has 2 N–H and O–H groups in total. The standard InChI is InChI=1S/C16H22N4O2S/c21-13-4-3-12(18-13)16(22)19-15-10-1-2-11(15)8-20(7-10)9-14-17-5-6-23-14/h5-6,10-12,15H,1-4,7-9H2,(H,18,21)(H,19,22)/t10-,11+,12?,15?. The van der Waals surface area contributed by atoms with E-state index in [-0.39, 0.29) is 23.9 Å². The van der Waals surface area contributed by atoms with E-state index >= 15 is 0 Å². The lowest BCUT2D eigenvalue weighted by atomic mass is 9.91. The molecule has 2 aliphatic heterocycles. The molecule has 2 saturated heterocycles. The van der Waals surface area contributed by atoms with Gasteiger partial charge in [0, 0.05) is 37.1 Å². The Morgan fingerprint density at radius 1 is 1.35 bits per heavy atom. The van der Waals surface area contributed by atoms with Crippen molar-refractivity contribution in [2.75, 3.05) is 13.1 Å². The van der Waals surface area contributed by atoms with Crippen LogP contribution in [0.3, 0.4) is 0 Å². The second-order valence-electron chi connectivity index (χ2n) is 6.91. The molecule has 0 spiro atoms. The van der Waals surface area contributed by atoms with Crippen LogP contribution in [0.4, 0.5) is 0 Å². The van der Waals surface area contributed by atoms with Gasteiger partial charge in [-0.05, 0) is 31.1 Å². The second-order valence-corrected chi connectivity index (χ2v) is 7.89. The van der Waals surface area contributed by atoms with E-state index in [2.05, 4.69) is 20.5 Å². The zero-order valence-corrected chi connectivity index (χ0v) is 13.8. The van der Waals surface area contributed by atoms with Crippen molar-refractivity contribution in [2.45, 2.75) is 44.3 Å². The lowest BCUT2D eigenvalue weighted by Crippen LogP contribution is -2.55. The van der Waals surface area contributed by atoms with Crippen LogP contribution in [0.15, 0.2) is 11.6 Å². The number of hydrogen-bond donors (Lipinski definition) is 2. The van der Waals surface area contributed by atoms with Crippen molar-refractivity contribution in [3.05, 3.63) is 16.6 Å². The van der Waals surface area contributed by atoms with Gasteiger partial charge in [0.25, 0.3) is 0 Å². The Kier molecular flexibility index (Phi) is 4.07. The Balaban J connectivity index is 1.35. The Bertz CT molecular complexity index is 577. The Morgan fingerprint density at radius 2 is 2.13 bits per heavy atom. The number of nitrogens with one attached hydrogen (secondary N) is 2. The number of likely N-dealkylation sites (tertiary alicyclic amines) is 1. The summed E-state index contributed by atoms with van der Waals surface area (Å²) in [6.07, 6.45) is 5.32. The number of hydrogen-bond acceptors (Lipinski definition) is 5. The Labute approximate surface area is 139 Å². The molecule has 1 aromatic heterocycles. The molecule has 2 amide bonds. The highest BCUT2D eigenvalue weighted by molar-refractivity contribution is 7.09. The number of carbonyl (C=O) groups excluding carboxylic acids is 2. The molecule has 6 nitrogen and oxygen atoms in total. The van der Waals surface area contributed by atoms with Crippen molar-refractivity contribution < 1.29 is 9.59 Å². The average Bonchev–Trinajstić information content (AvgIpc) is 3.22. The Hall–Kier alpha value is -1.47. The molecule has 4 rings (SSSR count). The third-order valence-corrected chi connectivity index (χ3v) is 6.14. The number of amides is 2. The molecular weight excluding hydrogens is 312 g/mol. The molecule has 0 radical (unpaired) electrons. The first-order valence-electron chi connectivity index (χ1n) is 8.39. The van der Waals surface area contributed by atoms with Crippen LogP contribution < -0.4 is 10.6 Å². The van der Waals surface area contributed by atoms with Crippen LogP contribution in [0.1, 0.15) is 30.7 Å². The van der Waals surface area contributed by atoms with E-state index in [1.807, 2.05) is 11.6 Å². The maximum Gasteiger partial charge on any atom is 0.242 e. The largest absolute Gasteiger partial charge is 0.351 e. The van der Waals surface area contributed by atoms with Crippen molar-refractivity contribution in [1.82, 2.24) is 20.5 Å². The van der Waals surface area contributed by atoms with Gasteiger partial charge in [-0.3, -0.25) is 14.5 Å². The van der Waals surface area contributed by atoms with Crippen molar-refractivity contribution in [3.8, 4) is 0 Å². The summed E-state index contributed by atoms with van der Waals surface area (Å²) in [6.45, 7) is 2.97. The molecule has 124 valence electrons. The van der Waals surface area contributed by atoms with Gasteiger partial charge in [-0.1, -0.05) is 0 Å². The van der Waals surface area contributed by atoms with E-state index in [4.69, 9.17) is 0 Å². The number of piperidine rings is 1. The number of thiazole rings is 1. The summed E-state index contributed by atoms with van der Waals surface area (Å²) >= 11 is 1.71. The van der Waals surface area contributed by atoms with Gasteiger partial charge in [0.15, 0.2) is 0 Å². The lowest BCUT2D eigenvalue weighted by Gasteiger charge is -2.38. The van der Waals surface area contributed by atoms with Gasteiger partial charge in [0.2, 0.25) is 11.8 Å². The summed E-state index contributed by atoms with van der Waals surface area (Å²) in [7, 11) is 0. The summed E-state index contributed by atoms with van der Waals surface area (Å²) in [5.74, 6) is 1.04. The van der Waals surface area contributed by atoms with Crippen molar-refractivity contribution in [1.29, 1.82) is 0 Å². The summed E-state index contributed by atoms with van der Waals surface area (Å²) in [6, 6.07) is -0.0530. The SMILES string of the molecule is O=C1CCC(C(=O)NC2[C@@H]3CC[C@H]2CN(Cc2nccs2)C3)N1. The zero-order valence-electron chi connectivity index (χ0n) is 13.0. The molecule has 2 unspecified atom stereocenters. The minimum Gasteiger partial charge on any atom is -0.351 e. The second kappa shape index (κ2) is 6.20. The topological polar surface area (TPSA) is 74.3 Å². The fourth-order valence-corrected chi connectivity index (χ4v) is 4.94. The predicted molar refractivity (Wildman–Crippen MR) is 86.7 cm³/mol. The smallest absolute Gasteiger partial charge is 0.242 e. The van der Waals surface area contributed by atoms with Gasteiger partial charge < -0.3 is 10.6 Å². The van der Waals surface area contributed by atoms with Crippen LogP contribution >= 0.6 is 11.3 Å². The number of nitrogens with zero attached hydrogens (tertiary/aromatic N) is 2. The first-order valence-corrected chi connectivity index (χ1v) is 9.27. The molecule has 4 atom stereocenters. The van der Waals surface area contributed by atoms with Crippen LogP contribution in [-0.4, -0.2) is 46.9 Å². The molecule has 2 bridgehead atoms. The van der Waals surface area contributed by atoms with Crippen LogP contribution in [0.25, 0.3) is 0 Å². The van der Waals surface area contributed by atoms with E-state index in [1.165, 1.54) is 17.8 Å². The van der Waals surface area contributed by atoms with E-state index in [0.717, 1.165) is 19.6 Å². The minimum atomic E-state index is -0.324. The molecule has 0 aromatic carbocycles. The van der Waals surface area contributed by atoms with Gasteiger partial charge in [-0.15, -0.1) is 11.3 Å². The van der Waals surface area contributed by atoms with Crippen LogP contribution in [0.2, 0.25) is 0 Å². The number of carbonyl (C=O) groups is 2. The molecule has 3 aliphatic rings. The fourth-order valence-electron chi connectivity index (χ4n) is 4.28. The zero-order chi connectivity index (χ0) is 15.8. The van der Waals surface area contributed by atoms with Gasteiger partial charge in [0.1, 0.15) is 11.0 Å². The Morgan fingerprint density at radius 3 is 2.74 bits per heavy atom. The first kappa shape index (κ1) is 15.1. The number of rotatable bonds is 4. The summed E-state index contributed by atoms with van der Waals surface area (Å²) < 4.78 is 0. The quantitative estimate of drug-likeness (QED) is 0.852. The summed E-state index contributed by atoms with van der Waals surface area (Å²) in [4.78, 5) is 30.5. The normalized spacial score (nSPS) is 33.7. The summed E-state index contributed by atoms with van der Waals surface area (Å²) in [5.41, 5.74) is 0. The number of fused-ring (bicyclic) bond motifs is 2. The van der Waals surface area contributed by atoms with Crippen molar-refractivity contribution in [2.24, 2.45) is 11.8 Å². The van der Waals surface area contributed by atoms with Crippen LogP contribution in [0, 0.1) is 11.8 Å². The maximum atomic E-state index is 12.4. The highest BCUT2D eigenvalue weighted by Crippen LogP contribution is 2.37. The highest BCUT2D eigenvalue weighted by atomic mass is 32.1. The molecule has 7 heteroatoms. The van der Waals surface area contributed by atoms with Gasteiger partial charge >= 0.3 is 0 Å². The molecule has 3 heterocycles. The van der Waals surface area contributed by atoms with Crippen LogP contribution in [0.5, 0.6) is 0 Å². The van der Waals surface area contributed by atoms with Gasteiger partial charge in [0.05, 0.1) is 6.54 Å². The molecule has 23 heavy (non-hydrogen) atoms. The molecule has 1 aliphatic carbocycles. The molecule has 1 saturated carbocycles. The minimum absolute atomic E-state index is 0.00567. The summed E-state index contributed by atoms with van der Waals surface area (Å²) in [5, 5.41) is 9.18. The van der Waals surface area contributed by atoms with E-state index < -0.39 is 0 Å². The first-order chi connectivity index (χ1) is 11.2. The van der Waals surface area contributed by atoms with Crippen LogP contribution in [-0.2, 0) is 16.1 Å². The third-order valence-electron chi connectivity index (χ3n) is 5.37.